The molecule has 0 bridgehead atoms. The van der Waals surface area contributed by atoms with E-state index in [1.165, 1.54) is 16.9 Å². The molecular formula is C14H17N3OS. The minimum atomic E-state index is 0.0498. The largest absolute Gasteiger partial charge is 0.316 e. The fourth-order valence-electron chi connectivity index (χ4n) is 2.44. The topological polar surface area (TPSA) is 54.0 Å². The smallest absolute Gasteiger partial charge is 0.230 e. The molecule has 1 aromatic carbocycles. The first-order valence-corrected chi connectivity index (χ1v) is 7.34. The predicted molar refractivity (Wildman–Crippen MR) is 78.5 cm³/mol. The number of benzene rings is 1. The predicted octanol–water partition coefficient (Wildman–Crippen LogP) is 2.40. The van der Waals surface area contributed by atoms with Crippen molar-refractivity contribution in [3.8, 4) is 0 Å². The molecule has 0 saturated carbocycles. The van der Waals surface area contributed by atoms with Gasteiger partial charge in [0.1, 0.15) is 0 Å². The molecule has 2 aromatic rings. The van der Waals surface area contributed by atoms with Crippen molar-refractivity contribution in [3.63, 3.8) is 0 Å². The summed E-state index contributed by atoms with van der Waals surface area (Å²) in [6.07, 6.45) is 0. The van der Waals surface area contributed by atoms with Crippen molar-refractivity contribution in [1.29, 1.82) is 0 Å². The number of rotatable bonds is 2. The summed E-state index contributed by atoms with van der Waals surface area (Å²) in [6, 6.07) is 6.13. The molecule has 5 heteroatoms. The lowest BCUT2D eigenvalue weighted by Gasteiger charge is -2.12. The Labute approximate surface area is 116 Å². The molecular weight excluding hydrogens is 258 g/mol. The summed E-state index contributed by atoms with van der Waals surface area (Å²) in [7, 11) is 0. The van der Waals surface area contributed by atoms with E-state index in [-0.39, 0.29) is 11.8 Å². The summed E-state index contributed by atoms with van der Waals surface area (Å²) < 4.78 is 1.12. The first kappa shape index (κ1) is 12.6. The Hall–Kier alpha value is -1.46. The van der Waals surface area contributed by atoms with Gasteiger partial charge in [-0.3, -0.25) is 4.79 Å². The van der Waals surface area contributed by atoms with Crippen LogP contribution in [0, 0.1) is 18.8 Å². The maximum atomic E-state index is 12.2. The molecule has 2 N–H and O–H groups in total. The standard InChI is InChI=1S/C14H17N3OS/c1-8-3-4-11-12(5-8)19-14(16-11)17-13(18)10-7-15-6-9(10)2/h3-5,9-10,15H,6-7H2,1-2H3,(H,16,17,18). The average molecular weight is 275 g/mol. The second kappa shape index (κ2) is 4.90. The summed E-state index contributed by atoms with van der Waals surface area (Å²) >= 11 is 1.54. The average Bonchev–Trinajstić information content (AvgIpc) is 2.94. The number of carbonyl (C=O) groups is 1. The van der Waals surface area contributed by atoms with E-state index in [1.54, 1.807) is 0 Å². The highest BCUT2D eigenvalue weighted by Crippen LogP contribution is 2.27. The summed E-state index contributed by atoms with van der Waals surface area (Å²) in [4.78, 5) is 16.6. The van der Waals surface area contributed by atoms with Crippen molar-refractivity contribution in [2.45, 2.75) is 13.8 Å². The van der Waals surface area contributed by atoms with Crippen molar-refractivity contribution >= 4 is 32.6 Å². The van der Waals surface area contributed by atoms with E-state index in [4.69, 9.17) is 0 Å². The van der Waals surface area contributed by atoms with E-state index in [2.05, 4.69) is 35.5 Å². The second-order valence-electron chi connectivity index (χ2n) is 5.22. The van der Waals surface area contributed by atoms with Gasteiger partial charge in [0.2, 0.25) is 5.91 Å². The molecule has 2 heterocycles. The van der Waals surface area contributed by atoms with Crippen LogP contribution in [0.15, 0.2) is 18.2 Å². The first-order valence-electron chi connectivity index (χ1n) is 6.52. The summed E-state index contributed by atoms with van der Waals surface area (Å²) in [5.74, 6) is 0.513. The number of nitrogens with one attached hydrogen (secondary N) is 2. The van der Waals surface area contributed by atoms with Gasteiger partial charge in [-0.2, -0.15) is 0 Å². The van der Waals surface area contributed by atoms with Crippen LogP contribution in [0.25, 0.3) is 10.2 Å². The van der Waals surface area contributed by atoms with Gasteiger partial charge >= 0.3 is 0 Å². The first-order chi connectivity index (χ1) is 9.13. The third-order valence-electron chi connectivity index (χ3n) is 3.63. The van der Waals surface area contributed by atoms with Crippen LogP contribution in [0.4, 0.5) is 5.13 Å². The quantitative estimate of drug-likeness (QED) is 0.885. The lowest BCUT2D eigenvalue weighted by atomic mass is 9.97. The van der Waals surface area contributed by atoms with Gasteiger partial charge in [-0.05, 0) is 37.1 Å². The molecule has 1 fully saturated rings. The molecule has 0 spiro atoms. The van der Waals surface area contributed by atoms with Crippen molar-refractivity contribution in [1.82, 2.24) is 10.3 Å². The van der Waals surface area contributed by atoms with Gasteiger partial charge in [-0.1, -0.05) is 24.3 Å². The van der Waals surface area contributed by atoms with Crippen LogP contribution in [-0.2, 0) is 4.79 Å². The minimum absolute atomic E-state index is 0.0498. The molecule has 1 aliphatic heterocycles. The fourth-order valence-corrected chi connectivity index (χ4v) is 3.41. The molecule has 1 aliphatic rings. The number of amides is 1. The Morgan fingerprint density at radius 2 is 2.32 bits per heavy atom. The van der Waals surface area contributed by atoms with E-state index in [0.717, 1.165) is 23.3 Å². The molecule has 2 atom stereocenters. The number of hydrogen-bond donors (Lipinski definition) is 2. The molecule has 3 rings (SSSR count). The lowest BCUT2D eigenvalue weighted by Crippen LogP contribution is -2.27. The normalized spacial score (nSPS) is 22.8. The van der Waals surface area contributed by atoms with E-state index in [9.17, 15) is 4.79 Å². The highest BCUT2D eigenvalue weighted by molar-refractivity contribution is 7.22. The number of thiazole rings is 1. The van der Waals surface area contributed by atoms with Gasteiger partial charge in [0.05, 0.1) is 16.1 Å². The Balaban J connectivity index is 1.79. The number of hydrogen-bond acceptors (Lipinski definition) is 4. The Morgan fingerprint density at radius 1 is 1.47 bits per heavy atom. The van der Waals surface area contributed by atoms with Crippen LogP contribution in [0.1, 0.15) is 12.5 Å². The van der Waals surface area contributed by atoms with Crippen LogP contribution < -0.4 is 10.6 Å². The highest BCUT2D eigenvalue weighted by Gasteiger charge is 2.29. The number of aryl methyl sites for hydroxylation is 1. The summed E-state index contributed by atoms with van der Waals surface area (Å²) in [5, 5.41) is 6.90. The third-order valence-corrected chi connectivity index (χ3v) is 4.56. The lowest BCUT2D eigenvalue weighted by molar-refractivity contribution is -0.120. The van der Waals surface area contributed by atoms with E-state index in [0.29, 0.717) is 11.0 Å². The van der Waals surface area contributed by atoms with Gasteiger partial charge in [0.25, 0.3) is 0 Å². The van der Waals surface area contributed by atoms with E-state index in [1.807, 2.05) is 12.1 Å². The second-order valence-corrected chi connectivity index (χ2v) is 6.25. The van der Waals surface area contributed by atoms with E-state index < -0.39 is 0 Å². The number of anilines is 1. The molecule has 2 unspecified atom stereocenters. The fraction of sp³-hybridized carbons (Fsp3) is 0.429. The van der Waals surface area contributed by atoms with Crippen LogP contribution in [0.3, 0.4) is 0 Å². The number of nitrogens with zero attached hydrogens (tertiary/aromatic N) is 1. The minimum Gasteiger partial charge on any atom is -0.316 e. The van der Waals surface area contributed by atoms with Crippen LogP contribution in [0.2, 0.25) is 0 Å². The molecule has 4 nitrogen and oxygen atoms in total. The Bertz CT molecular complexity index is 622. The van der Waals surface area contributed by atoms with Gasteiger partial charge < -0.3 is 10.6 Å². The van der Waals surface area contributed by atoms with Gasteiger partial charge in [-0.15, -0.1) is 0 Å². The zero-order valence-electron chi connectivity index (χ0n) is 11.1. The zero-order chi connectivity index (χ0) is 13.4. The number of aromatic nitrogens is 1. The number of fused-ring (bicyclic) bond motifs is 1. The molecule has 100 valence electrons. The van der Waals surface area contributed by atoms with Crippen LogP contribution in [-0.4, -0.2) is 24.0 Å². The van der Waals surface area contributed by atoms with Crippen LogP contribution >= 0.6 is 11.3 Å². The highest BCUT2D eigenvalue weighted by atomic mass is 32.1. The maximum absolute atomic E-state index is 12.2. The Kier molecular flexibility index (Phi) is 3.24. The van der Waals surface area contributed by atoms with E-state index >= 15 is 0 Å². The SMILES string of the molecule is Cc1ccc2nc(NC(=O)C3CNCC3C)sc2c1. The van der Waals surface area contributed by atoms with Gasteiger partial charge in [0, 0.05) is 6.54 Å². The molecule has 1 aromatic heterocycles. The zero-order valence-corrected chi connectivity index (χ0v) is 11.9. The summed E-state index contributed by atoms with van der Waals surface area (Å²) in [5.41, 5.74) is 2.16. The van der Waals surface area contributed by atoms with Crippen molar-refractivity contribution < 1.29 is 4.79 Å². The summed E-state index contributed by atoms with van der Waals surface area (Å²) in [6.45, 7) is 5.84. The third kappa shape index (κ3) is 2.48. The Morgan fingerprint density at radius 3 is 3.05 bits per heavy atom. The monoisotopic (exact) mass is 275 g/mol. The molecule has 0 aliphatic carbocycles. The van der Waals surface area contributed by atoms with Gasteiger partial charge in [-0.25, -0.2) is 4.98 Å². The molecule has 19 heavy (non-hydrogen) atoms. The number of carbonyl (C=O) groups excluding carboxylic acids is 1. The maximum Gasteiger partial charge on any atom is 0.230 e. The molecule has 1 amide bonds. The molecule has 1 saturated heterocycles. The molecule has 0 radical (unpaired) electrons. The van der Waals surface area contributed by atoms with Crippen LogP contribution in [0.5, 0.6) is 0 Å². The van der Waals surface area contributed by atoms with Crippen molar-refractivity contribution in [2.24, 2.45) is 11.8 Å². The van der Waals surface area contributed by atoms with Crippen molar-refractivity contribution in [3.05, 3.63) is 23.8 Å². The van der Waals surface area contributed by atoms with Gasteiger partial charge in [0.15, 0.2) is 5.13 Å². The van der Waals surface area contributed by atoms with Crippen molar-refractivity contribution in [2.75, 3.05) is 18.4 Å².